The van der Waals surface area contributed by atoms with Crippen LogP contribution in [0.3, 0.4) is 0 Å². The van der Waals surface area contributed by atoms with Gasteiger partial charge in [0.15, 0.2) is 11.5 Å². The molecule has 6 nitrogen and oxygen atoms in total. The topological polar surface area (TPSA) is 68.8 Å². The van der Waals surface area contributed by atoms with Crippen molar-refractivity contribution in [2.24, 2.45) is 0 Å². The van der Waals surface area contributed by atoms with E-state index in [9.17, 15) is 0 Å². The van der Waals surface area contributed by atoms with E-state index in [4.69, 9.17) is 21.5 Å². The first-order valence-corrected chi connectivity index (χ1v) is 19.6. The van der Waals surface area contributed by atoms with Crippen molar-refractivity contribution in [1.29, 1.82) is 0 Å². The standard InChI is InChI=1S/C53H36N6/c1-53(2)44-19-10-20-46(54-3)51(44)43-22-21-36(28-45(43)53)39-25-40(41-29-47(37-17-11-23-55-32-37)57-48(30-41)38-18-12-24-56-33-38)27-42(26-39)50-31-49(34-13-6-4-7-14-34)58-52(59-50)35-15-8-5-9-16-35/h4-33H,1-2H3. The molecule has 0 bridgehead atoms. The van der Waals surface area contributed by atoms with Crippen LogP contribution in [0.2, 0.25) is 0 Å². The zero-order valence-corrected chi connectivity index (χ0v) is 32.5. The minimum absolute atomic E-state index is 0.286. The minimum atomic E-state index is -0.286. The molecule has 1 aliphatic carbocycles. The van der Waals surface area contributed by atoms with Gasteiger partial charge in [-0.3, -0.25) is 9.97 Å². The Labute approximate surface area is 343 Å². The Morgan fingerprint density at radius 2 is 0.983 bits per heavy atom. The van der Waals surface area contributed by atoms with Crippen molar-refractivity contribution in [1.82, 2.24) is 24.9 Å². The molecular formula is C53H36N6. The van der Waals surface area contributed by atoms with Crippen LogP contribution in [0, 0.1) is 6.57 Å². The van der Waals surface area contributed by atoms with E-state index in [1.54, 1.807) is 12.4 Å². The SMILES string of the molecule is [C-]#[N+]c1cccc2c1-c1ccc(-c3cc(-c4cc(-c5cccnc5)nc(-c5cccnc5)c4)cc(-c4cc(-c5ccccc5)nc(-c5ccccc5)n4)c3)cc1C2(C)C. The first-order valence-electron chi connectivity index (χ1n) is 19.6. The molecule has 4 heterocycles. The highest BCUT2D eigenvalue weighted by molar-refractivity contribution is 5.92. The summed E-state index contributed by atoms with van der Waals surface area (Å²) in [6, 6.07) is 54.2. The largest absolute Gasteiger partial charge is 0.264 e. The van der Waals surface area contributed by atoms with Gasteiger partial charge in [0.05, 0.1) is 29.3 Å². The third-order valence-corrected chi connectivity index (χ3v) is 11.3. The van der Waals surface area contributed by atoms with Crippen LogP contribution in [0.25, 0.3) is 94.6 Å². The maximum atomic E-state index is 7.95. The van der Waals surface area contributed by atoms with Crippen molar-refractivity contribution in [2.45, 2.75) is 19.3 Å². The molecule has 0 N–H and O–H groups in total. The Morgan fingerprint density at radius 1 is 0.424 bits per heavy atom. The molecule has 0 radical (unpaired) electrons. The lowest BCUT2D eigenvalue weighted by molar-refractivity contribution is 0.661. The number of rotatable bonds is 7. The van der Waals surface area contributed by atoms with Crippen molar-refractivity contribution in [3.8, 4) is 89.8 Å². The van der Waals surface area contributed by atoms with Crippen molar-refractivity contribution >= 4 is 5.69 Å². The second-order valence-electron chi connectivity index (χ2n) is 15.3. The normalized spacial score (nSPS) is 12.4. The van der Waals surface area contributed by atoms with Crippen LogP contribution >= 0.6 is 0 Å². The monoisotopic (exact) mass is 756 g/mol. The first kappa shape index (κ1) is 35.5. The van der Waals surface area contributed by atoms with Crippen LogP contribution in [-0.4, -0.2) is 24.9 Å². The molecule has 5 aromatic carbocycles. The minimum Gasteiger partial charge on any atom is -0.264 e. The molecule has 0 spiro atoms. The molecule has 278 valence electrons. The molecule has 9 aromatic rings. The zero-order valence-electron chi connectivity index (χ0n) is 32.5. The van der Waals surface area contributed by atoms with Gasteiger partial charge in [0.1, 0.15) is 0 Å². The van der Waals surface area contributed by atoms with E-state index >= 15 is 0 Å². The fourth-order valence-electron chi connectivity index (χ4n) is 8.24. The number of aromatic nitrogens is 5. The lowest BCUT2D eigenvalue weighted by Gasteiger charge is -2.22. The Hall–Kier alpha value is -7.88. The highest BCUT2D eigenvalue weighted by Gasteiger charge is 2.36. The van der Waals surface area contributed by atoms with Gasteiger partial charge >= 0.3 is 0 Å². The predicted octanol–water partition coefficient (Wildman–Crippen LogP) is 13.2. The van der Waals surface area contributed by atoms with Crippen LogP contribution in [0.4, 0.5) is 5.69 Å². The van der Waals surface area contributed by atoms with Crippen LogP contribution in [0.1, 0.15) is 25.0 Å². The summed E-state index contributed by atoms with van der Waals surface area (Å²) in [6.45, 7) is 12.5. The van der Waals surface area contributed by atoms with Gasteiger partial charge in [0.25, 0.3) is 0 Å². The molecule has 0 aliphatic heterocycles. The van der Waals surface area contributed by atoms with E-state index < -0.39 is 0 Å². The number of hydrogen-bond acceptors (Lipinski definition) is 5. The summed E-state index contributed by atoms with van der Waals surface area (Å²) < 4.78 is 0. The number of pyridine rings is 3. The number of benzene rings is 5. The second kappa shape index (κ2) is 14.6. The molecule has 0 atom stereocenters. The summed E-state index contributed by atoms with van der Waals surface area (Å²) in [7, 11) is 0. The van der Waals surface area contributed by atoms with Gasteiger partial charge in [-0.2, -0.15) is 0 Å². The molecule has 59 heavy (non-hydrogen) atoms. The second-order valence-corrected chi connectivity index (χ2v) is 15.3. The molecule has 10 rings (SSSR count). The smallest absolute Gasteiger partial charge is 0.195 e. The van der Waals surface area contributed by atoms with Gasteiger partial charge in [-0.25, -0.2) is 19.8 Å². The Kier molecular flexibility index (Phi) is 8.77. The Balaban J connectivity index is 1.22. The van der Waals surface area contributed by atoms with Gasteiger partial charge < -0.3 is 0 Å². The molecule has 0 saturated carbocycles. The summed E-state index contributed by atoms with van der Waals surface area (Å²) in [6.07, 6.45) is 7.25. The van der Waals surface area contributed by atoms with Crippen LogP contribution in [0.15, 0.2) is 183 Å². The molecule has 0 saturated heterocycles. The Morgan fingerprint density at radius 3 is 1.61 bits per heavy atom. The number of hydrogen-bond donors (Lipinski definition) is 0. The summed E-state index contributed by atoms with van der Waals surface area (Å²) in [5.74, 6) is 0.656. The maximum Gasteiger partial charge on any atom is 0.195 e. The summed E-state index contributed by atoms with van der Waals surface area (Å²) >= 11 is 0. The molecule has 6 heteroatoms. The molecule has 1 aliphatic rings. The first-order chi connectivity index (χ1) is 28.9. The van der Waals surface area contributed by atoms with E-state index in [0.29, 0.717) is 11.5 Å². The molecule has 0 unspecified atom stereocenters. The molecule has 4 aromatic heterocycles. The summed E-state index contributed by atoms with van der Waals surface area (Å²) in [4.78, 5) is 28.2. The van der Waals surface area contributed by atoms with E-state index in [-0.39, 0.29) is 5.41 Å². The van der Waals surface area contributed by atoms with Gasteiger partial charge in [-0.05, 0) is 111 Å². The number of nitrogens with zero attached hydrogens (tertiary/aromatic N) is 6. The lowest BCUT2D eigenvalue weighted by atomic mass is 9.81. The quantitative estimate of drug-likeness (QED) is 0.151. The highest BCUT2D eigenvalue weighted by Crippen LogP contribution is 2.53. The van der Waals surface area contributed by atoms with E-state index in [0.717, 1.165) is 84.0 Å². The van der Waals surface area contributed by atoms with E-state index in [1.165, 1.54) is 11.1 Å². The van der Waals surface area contributed by atoms with Crippen molar-refractivity contribution < 1.29 is 0 Å². The van der Waals surface area contributed by atoms with Crippen molar-refractivity contribution in [3.05, 3.63) is 205 Å². The van der Waals surface area contributed by atoms with Gasteiger partial charge in [0.2, 0.25) is 0 Å². The van der Waals surface area contributed by atoms with Crippen molar-refractivity contribution in [3.63, 3.8) is 0 Å². The third kappa shape index (κ3) is 6.55. The summed E-state index contributed by atoms with van der Waals surface area (Å²) in [5.41, 5.74) is 17.1. The van der Waals surface area contributed by atoms with Crippen LogP contribution in [-0.2, 0) is 5.41 Å². The van der Waals surface area contributed by atoms with Crippen LogP contribution < -0.4 is 0 Å². The van der Waals surface area contributed by atoms with E-state index in [2.05, 4.69) is 114 Å². The third-order valence-electron chi connectivity index (χ3n) is 11.3. The molecular weight excluding hydrogens is 721 g/mol. The zero-order chi connectivity index (χ0) is 39.9. The fourth-order valence-corrected chi connectivity index (χ4v) is 8.24. The Bertz CT molecular complexity index is 2800. The van der Waals surface area contributed by atoms with Gasteiger partial charge in [0, 0.05) is 58.0 Å². The predicted molar refractivity (Wildman–Crippen MR) is 237 cm³/mol. The number of fused-ring (bicyclic) bond motifs is 3. The van der Waals surface area contributed by atoms with Gasteiger partial charge in [-0.1, -0.05) is 105 Å². The maximum absolute atomic E-state index is 7.95. The average molecular weight is 757 g/mol. The average Bonchev–Trinajstić information content (AvgIpc) is 3.55. The molecule has 0 amide bonds. The lowest BCUT2D eigenvalue weighted by Crippen LogP contribution is -2.14. The molecule has 0 fully saturated rings. The van der Waals surface area contributed by atoms with Crippen LogP contribution in [0.5, 0.6) is 0 Å². The van der Waals surface area contributed by atoms with Gasteiger partial charge in [-0.15, -0.1) is 0 Å². The van der Waals surface area contributed by atoms with E-state index in [1.807, 2.05) is 85.2 Å². The summed E-state index contributed by atoms with van der Waals surface area (Å²) in [5, 5.41) is 0. The highest BCUT2D eigenvalue weighted by atomic mass is 14.9. The fraction of sp³-hybridized carbons (Fsp3) is 0.0566. The van der Waals surface area contributed by atoms with Crippen molar-refractivity contribution in [2.75, 3.05) is 0 Å².